The molecule has 4 heteroatoms. The summed E-state index contributed by atoms with van der Waals surface area (Å²) in [6, 6.07) is 13.5. The zero-order valence-electron chi connectivity index (χ0n) is 11.7. The highest BCUT2D eigenvalue weighted by Crippen LogP contribution is 2.27. The molecule has 2 aromatic carbocycles. The maximum atomic E-state index is 6.22. The number of benzene rings is 2. The molecule has 0 aliphatic carbocycles. The molecule has 0 amide bonds. The second-order valence-electron chi connectivity index (χ2n) is 4.47. The highest BCUT2D eigenvalue weighted by atomic mass is 35.5. The zero-order chi connectivity index (χ0) is 14.4. The van der Waals surface area contributed by atoms with Crippen LogP contribution in [0.2, 0.25) is 5.02 Å². The quantitative estimate of drug-likeness (QED) is 0.873. The van der Waals surface area contributed by atoms with Gasteiger partial charge < -0.3 is 14.8 Å². The maximum Gasteiger partial charge on any atom is 0.128 e. The number of hydrogen-bond donors (Lipinski definition) is 1. The predicted molar refractivity (Wildman–Crippen MR) is 81.4 cm³/mol. The third-order valence-electron chi connectivity index (χ3n) is 2.84. The van der Waals surface area contributed by atoms with Crippen molar-refractivity contribution < 1.29 is 9.47 Å². The molecule has 0 aromatic heterocycles. The topological polar surface area (TPSA) is 30.5 Å². The monoisotopic (exact) mass is 291 g/mol. The summed E-state index contributed by atoms with van der Waals surface area (Å²) in [4.78, 5) is 0. The molecule has 0 spiro atoms. The third kappa shape index (κ3) is 3.97. The minimum Gasteiger partial charge on any atom is -0.457 e. The SMILES string of the molecule is CNCc1ccc(Oc2cccc(COC)c2)cc1Cl. The zero-order valence-corrected chi connectivity index (χ0v) is 12.4. The van der Waals surface area contributed by atoms with Crippen molar-refractivity contribution in [3.05, 3.63) is 58.6 Å². The van der Waals surface area contributed by atoms with E-state index < -0.39 is 0 Å². The van der Waals surface area contributed by atoms with Crippen LogP contribution in [-0.4, -0.2) is 14.2 Å². The summed E-state index contributed by atoms with van der Waals surface area (Å²) >= 11 is 6.22. The molecule has 0 aliphatic rings. The van der Waals surface area contributed by atoms with Gasteiger partial charge in [0.15, 0.2) is 0 Å². The fourth-order valence-corrected chi connectivity index (χ4v) is 2.16. The van der Waals surface area contributed by atoms with E-state index in [1.807, 2.05) is 49.5 Å². The molecule has 0 saturated carbocycles. The van der Waals surface area contributed by atoms with Crippen molar-refractivity contribution in [3.8, 4) is 11.5 Å². The van der Waals surface area contributed by atoms with Gasteiger partial charge in [-0.3, -0.25) is 0 Å². The molecule has 20 heavy (non-hydrogen) atoms. The Hall–Kier alpha value is -1.55. The number of hydrogen-bond acceptors (Lipinski definition) is 3. The summed E-state index contributed by atoms with van der Waals surface area (Å²) in [6.45, 7) is 1.31. The van der Waals surface area contributed by atoms with E-state index in [2.05, 4.69) is 5.32 Å². The Morgan fingerprint density at radius 3 is 2.60 bits per heavy atom. The maximum absolute atomic E-state index is 6.22. The Morgan fingerprint density at radius 1 is 1.10 bits per heavy atom. The average molecular weight is 292 g/mol. The van der Waals surface area contributed by atoms with Crippen LogP contribution in [0.25, 0.3) is 0 Å². The molecule has 106 valence electrons. The number of halogens is 1. The number of methoxy groups -OCH3 is 1. The standard InChI is InChI=1S/C16H18ClNO2/c1-18-10-13-6-7-15(9-16(13)17)20-14-5-3-4-12(8-14)11-19-2/h3-9,18H,10-11H2,1-2H3. The Kier molecular flexibility index (Phi) is 5.41. The molecule has 2 rings (SSSR count). The highest BCUT2D eigenvalue weighted by Gasteiger charge is 2.04. The van der Waals surface area contributed by atoms with Crippen LogP contribution in [0.5, 0.6) is 11.5 Å². The summed E-state index contributed by atoms with van der Waals surface area (Å²) in [5.41, 5.74) is 2.12. The lowest BCUT2D eigenvalue weighted by atomic mass is 10.2. The first-order valence-electron chi connectivity index (χ1n) is 6.41. The van der Waals surface area contributed by atoms with Gasteiger partial charge in [-0.05, 0) is 42.4 Å². The van der Waals surface area contributed by atoms with Crippen LogP contribution >= 0.6 is 11.6 Å². The van der Waals surface area contributed by atoms with E-state index in [1.54, 1.807) is 7.11 Å². The predicted octanol–water partition coefficient (Wildman–Crippen LogP) is 4.00. The lowest BCUT2D eigenvalue weighted by molar-refractivity contribution is 0.184. The van der Waals surface area contributed by atoms with Crippen LogP contribution in [0, 0.1) is 0 Å². The Balaban J connectivity index is 2.13. The van der Waals surface area contributed by atoms with E-state index in [-0.39, 0.29) is 0 Å². The molecule has 2 aromatic rings. The van der Waals surface area contributed by atoms with Crippen molar-refractivity contribution >= 4 is 11.6 Å². The molecule has 0 bridgehead atoms. The molecule has 0 radical (unpaired) electrons. The van der Waals surface area contributed by atoms with Gasteiger partial charge in [0.1, 0.15) is 11.5 Å². The van der Waals surface area contributed by atoms with Gasteiger partial charge in [0, 0.05) is 18.7 Å². The largest absolute Gasteiger partial charge is 0.457 e. The molecule has 0 unspecified atom stereocenters. The van der Waals surface area contributed by atoms with Crippen molar-refractivity contribution in [1.29, 1.82) is 0 Å². The molecule has 3 nitrogen and oxygen atoms in total. The number of rotatable bonds is 6. The van der Waals surface area contributed by atoms with Gasteiger partial charge in [-0.1, -0.05) is 29.8 Å². The first kappa shape index (κ1) is 14.9. The molecule has 0 atom stereocenters. The summed E-state index contributed by atoms with van der Waals surface area (Å²) in [5.74, 6) is 1.50. The summed E-state index contributed by atoms with van der Waals surface area (Å²) < 4.78 is 10.9. The van der Waals surface area contributed by atoms with Crippen molar-refractivity contribution in [1.82, 2.24) is 5.32 Å². The number of nitrogens with one attached hydrogen (secondary N) is 1. The first-order valence-corrected chi connectivity index (χ1v) is 6.79. The minimum atomic E-state index is 0.569. The van der Waals surface area contributed by atoms with E-state index in [1.165, 1.54) is 0 Å². The summed E-state index contributed by atoms with van der Waals surface area (Å²) in [6.07, 6.45) is 0. The molecular formula is C16H18ClNO2. The van der Waals surface area contributed by atoms with E-state index in [4.69, 9.17) is 21.1 Å². The summed E-state index contributed by atoms with van der Waals surface area (Å²) in [7, 11) is 3.57. The molecule has 0 heterocycles. The van der Waals surface area contributed by atoms with E-state index in [0.717, 1.165) is 29.2 Å². The van der Waals surface area contributed by atoms with Crippen molar-refractivity contribution in [3.63, 3.8) is 0 Å². The second kappa shape index (κ2) is 7.29. The third-order valence-corrected chi connectivity index (χ3v) is 3.19. The van der Waals surface area contributed by atoms with Crippen molar-refractivity contribution in [2.45, 2.75) is 13.2 Å². The first-order chi connectivity index (χ1) is 9.72. The van der Waals surface area contributed by atoms with Crippen LogP contribution in [-0.2, 0) is 17.9 Å². The lowest BCUT2D eigenvalue weighted by Gasteiger charge is -2.10. The van der Waals surface area contributed by atoms with Crippen LogP contribution in [0.4, 0.5) is 0 Å². The average Bonchev–Trinajstić information content (AvgIpc) is 2.43. The fourth-order valence-electron chi connectivity index (χ4n) is 1.93. The van der Waals surface area contributed by atoms with Gasteiger partial charge >= 0.3 is 0 Å². The van der Waals surface area contributed by atoms with Gasteiger partial charge in [-0.15, -0.1) is 0 Å². The summed E-state index contributed by atoms with van der Waals surface area (Å²) in [5, 5.41) is 3.78. The van der Waals surface area contributed by atoms with E-state index >= 15 is 0 Å². The van der Waals surface area contributed by atoms with Crippen molar-refractivity contribution in [2.75, 3.05) is 14.2 Å². The Morgan fingerprint density at radius 2 is 1.90 bits per heavy atom. The minimum absolute atomic E-state index is 0.569. The normalized spacial score (nSPS) is 10.6. The molecule has 0 fully saturated rings. The van der Waals surface area contributed by atoms with Gasteiger partial charge in [0.05, 0.1) is 6.61 Å². The van der Waals surface area contributed by atoms with Crippen LogP contribution in [0.3, 0.4) is 0 Å². The van der Waals surface area contributed by atoms with Crippen molar-refractivity contribution in [2.24, 2.45) is 0 Å². The molecule has 0 saturated heterocycles. The molecule has 1 N–H and O–H groups in total. The van der Waals surface area contributed by atoms with Crippen LogP contribution < -0.4 is 10.1 Å². The van der Waals surface area contributed by atoms with E-state index in [9.17, 15) is 0 Å². The van der Waals surface area contributed by atoms with E-state index in [0.29, 0.717) is 11.6 Å². The van der Waals surface area contributed by atoms with Gasteiger partial charge in [-0.25, -0.2) is 0 Å². The Bertz CT molecular complexity index is 572. The fraction of sp³-hybridized carbons (Fsp3) is 0.250. The van der Waals surface area contributed by atoms with Crippen LogP contribution in [0.15, 0.2) is 42.5 Å². The second-order valence-corrected chi connectivity index (χ2v) is 4.87. The van der Waals surface area contributed by atoms with Gasteiger partial charge in [-0.2, -0.15) is 0 Å². The number of ether oxygens (including phenoxy) is 2. The highest BCUT2D eigenvalue weighted by molar-refractivity contribution is 6.31. The van der Waals surface area contributed by atoms with Gasteiger partial charge in [0.25, 0.3) is 0 Å². The molecule has 0 aliphatic heterocycles. The molecular weight excluding hydrogens is 274 g/mol. The Labute approximate surface area is 124 Å². The lowest BCUT2D eigenvalue weighted by Crippen LogP contribution is -2.05. The van der Waals surface area contributed by atoms with Crippen LogP contribution in [0.1, 0.15) is 11.1 Å². The smallest absolute Gasteiger partial charge is 0.128 e. The van der Waals surface area contributed by atoms with Gasteiger partial charge in [0.2, 0.25) is 0 Å².